The van der Waals surface area contributed by atoms with E-state index in [1.54, 1.807) is 41.8 Å². The van der Waals surface area contributed by atoms with Crippen LogP contribution in [0.3, 0.4) is 0 Å². The number of benzene rings is 2. The number of carbonyl (C=O) groups excluding carboxylic acids is 3. The van der Waals surface area contributed by atoms with E-state index in [-0.39, 0.29) is 18.4 Å². The van der Waals surface area contributed by atoms with Crippen molar-refractivity contribution in [3.63, 3.8) is 0 Å². The Morgan fingerprint density at radius 3 is 2.41 bits per heavy atom. The number of rotatable bonds is 6. The smallest absolute Gasteiger partial charge is 0.265 e. The van der Waals surface area contributed by atoms with Crippen LogP contribution in [0.2, 0.25) is 0 Å². The predicted octanol–water partition coefficient (Wildman–Crippen LogP) is 3.85. The van der Waals surface area contributed by atoms with Gasteiger partial charge >= 0.3 is 0 Å². The molecule has 0 bridgehead atoms. The average Bonchev–Trinajstić information content (AvgIpc) is 3.24. The first-order valence-corrected chi connectivity index (χ1v) is 9.56. The average molecular weight is 411 g/mol. The molecule has 3 amide bonds. The lowest BCUT2D eigenvalue weighted by Gasteiger charge is -2.17. The van der Waals surface area contributed by atoms with Gasteiger partial charge in [-0.25, -0.2) is 4.39 Å². The van der Waals surface area contributed by atoms with Crippen molar-refractivity contribution < 1.29 is 18.8 Å². The van der Waals surface area contributed by atoms with Crippen LogP contribution < -0.4 is 10.6 Å². The van der Waals surface area contributed by atoms with Gasteiger partial charge in [0.05, 0.1) is 11.4 Å². The van der Waals surface area contributed by atoms with E-state index in [0.29, 0.717) is 21.8 Å². The second kappa shape index (κ2) is 9.11. The van der Waals surface area contributed by atoms with Crippen molar-refractivity contribution in [1.29, 1.82) is 0 Å². The molecule has 2 aromatic carbocycles. The topological polar surface area (TPSA) is 78.5 Å². The van der Waals surface area contributed by atoms with Crippen molar-refractivity contribution in [2.24, 2.45) is 0 Å². The summed E-state index contributed by atoms with van der Waals surface area (Å²) in [6.07, 6.45) is 0. The Bertz CT molecular complexity index is 1020. The number of hydrogen-bond acceptors (Lipinski definition) is 4. The molecule has 1 aromatic heterocycles. The van der Waals surface area contributed by atoms with Crippen molar-refractivity contribution in [3.05, 3.63) is 82.3 Å². The molecule has 3 rings (SSSR count). The van der Waals surface area contributed by atoms with Gasteiger partial charge in [0, 0.05) is 24.0 Å². The molecule has 0 saturated carbocycles. The maximum Gasteiger partial charge on any atom is 0.265 e. The first-order chi connectivity index (χ1) is 13.9. The minimum atomic E-state index is -0.408. The largest absolute Gasteiger partial charge is 0.332 e. The number of nitrogens with one attached hydrogen (secondary N) is 2. The molecule has 0 atom stereocenters. The van der Waals surface area contributed by atoms with Gasteiger partial charge in [-0.3, -0.25) is 14.4 Å². The van der Waals surface area contributed by atoms with Crippen LogP contribution in [-0.4, -0.2) is 36.2 Å². The first-order valence-electron chi connectivity index (χ1n) is 8.68. The molecule has 0 fully saturated rings. The SMILES string of the molecule is CN(CC(=O)Nc1ccc(F)cc1)C(=O)c1cccc(NC(=O)c2cccs2)c1. The zero-order chi connectivity index (χ0) is 20.8. The Balaban J connectivity index is 1.60. The molecule has 3 aromatic rings. The Morgan fingerprint density at radius 1 is 0.966 bits per heavy atom. The predicted molar refractivity (Wildman–Crippen MR) is 111 cm³/mol. The lowest BCUT2D eigenvalue weighted by molar-refractivity contribution is -0.116. The van der Waals surface area contributed by atoms with Gasteiger partial charge < -0.3 is 15.5 Å². The Kier molecular flexibility index (Phi) is 6.36. The van der Waals surface area contributed by atoms with E-state index in [9.17, 15) is 18.8 Å². The maximum absolute atomic E-state index is 12.9. The van der Waals surface area contributed by atoms with Crippen LogP contribution in [0.5, 0.6) is 0 Å². The minimum Gasteiger partial charge on any atom is -0.332 e. The normalized spacial score (nSPS) is 10.3. The summed E-state index contributed by atoms with van der Waals surface area (Å²) in [7, 11) is 1.50. The van der Waals surface area contributed by atoms with E-state index in [1.807, 2.05) is 0 Å². The van der Waals surface area contributed by atoms with Crippen molar-refractivity contribution in [1.82, 2.24) is 4.90 Å². The molecule has 0 spiro atoms. The van der Waals surface area contributed by atoms with E-state index >= 15 is 0 Å². The third-order valence-corrected chi connectivity index (χ3v) is 4.84. The Morgan fingerprint density at radius 2 is 1.72 bits per heavy atom. The molecule has 0 radical (unpaired) electrons. The molecule has 1 heterocycles. The lowest BCUT2D eigenvalue weighted by Crippen LogP contribution is -2.35. The molecule has 8 heteroatoms. The van der Waals surface area contributed by atoms with Gasteiger partial charge in [-0.1, -0.05) is 12.1 Å². The lowest BCUT2D eigenvalue weighted by atomic mass is 10.1. The highest BCUT2D eigenvalue weighted by atomic mass is 32.1. The van der Waals surface area contributed by atoms with E-state index in [4.69, 9.17) is 0 Å². The molecule has 0 aliphatic heterocycles. The second-order valence-electron chi connectivity index (χ2n) is 6.23. The molecule has 148 valence electrons. The second-order valence-corrected chi connectivity index (χ2v) is 7.18. The van der Waals surface area contributed by atoms with Crippen molar-refractivity contribution in [2.75, 3.05) is 24.2 Å². The fraction of sp³-hybridized carbons (Fsp3) is 0.0952. The number of hydrogen-bond donors (Lipinski definition) is 2. The minimum absolute atomic E-state index is 0.179. The third kappa shape index (κ3) is 5.49. The van der Waals surface area contributed by atoms with E-state index in [1.165, 1.54) is 47.5 Å². The van der Waals surface area contributed by atoms with E-state index in [2.05, 4.69) is 10.6 Å². The standard InChI is InChI=1S/C21H18FN3O3S/c1-25(13-19(26)23-16-9-7-15(22)8-10-16)21(28)14-4-2-5-17(12-14)24-20(27)18-6-3-11-29-18/h2-12H,13H2,1H3,(H,23,26)(H,24,27). The van der Waals surface area contributed by atoms with Crippen LogP contribution in [0.15, 0.2) is 66.0 Å². The van der Waals surface area contributed by atoms with Gasteiger partial charge in [-0.05, 0) is 53.9 Å². The molecule has 29 heavy (non-hydrogen) atoms. The zero-order valence-electron chi connectivity index (χ0n) is 15.5. The molecular formula is C21H18FN3O3S. The maximum atomic E-state index is 12.9. The Labute approximate surface area is 171 Å². The van der Waals surface area contributed by atoms with E-state index < -0.39 is 11.7 Å². The molecule has 0 aliphatic rings. The van der Waals surface area contributed by atoms with Crippen LogP contribution in [-0.2, 0) is 4.79 Å². The molecule has 0 saturated heterocycles. The summed E-state index contributed by atoms with van der Waals surface area (Å²) in [6.45, 7) is -0.179. The first kappa shape index (κ1) is 20.2. The highest BCUT2D eigenvalue weighted by Gasteiger charge is 2.16. The number of amides is 3. The fourth-order valence-electron chi connectivity index (χ4n) is 2.57. The molecule has 0 unspecified atom stereocenters. The van der Waals surface area contributed by atoms with Gasteiger partial charge in [0.25, 0.3) is 11.8 Å². The van der Waals surface area contributed by atoms with Crippen molar-refractivity contribution in [3.8, 4) is 0 Å². The summed E-state index contributed by atoms with van der Waals surface area (Å²) >= 11 is 1.32. The summed E-state index contributed by atoms with van der Waals surface area (Å²) < 4.78 is 12.9. The van der Waals surface area contributed by atoms with Gasteiger partial charge in [0.2, 0.25) is 5.91 Å². The molecule has 6 nitrogen and oxygen atoms in total. The summed E-state index contributed by atoms with van der Waals surface area (Å²) in [4.78, 5) is 38.7. The molecular weight excluding hydrogens is 393 g/mol. The van der Waals surface area contributed by atoms with Crippen LogP contribution in [0.25, 0.3) is 0 Å². The van der Waals surface area contributed by atoms with Gasteiger partial charge in [-0.2, -0.15) is 0 Å². The van der Waals surface area contributed by atoms with Crippen LogP contribution in [0, 0.1) is 5.82 Å². The number of likely N-dealkylation sites (N-methyl/N-ethyl adjacent to an activating group) is 1. The van der Waals surface area contributed by atoms with Crippen molar-refractivity contribution >= 4 is 40.4 Å². The number of thiophene rings is 1. The van der Waals surface area contributed by atoms with Crippen LogP contribution in [0.4, 0.5) is 15.8 Å². The van der Waals surface area contributed by atoms with Gasteiger partial charge in [-0.15, -0.1) is 11.3 Å². The highest BCUT2D eigenvalue weighted by molar-refractivity contribution is 7.12. The van der Waals surface area contributed by atoms with Gasteiger partial charge in [0.1, 0.15) is 5.82 Å². The fourth-order valence-corrected chi connectivity index (χ4v) is 3.19. The van der Waals surface area contributed by atoms with Crippen LogP contribution in [0.1, 0.15) is 20.0 Å². The summed E-state index contributed by atoms with van der Waals surface area (Å²) in [5.74, 6) is -1.43. The summed E-state index contributed by atoms with van der Waals surface area (Å²) in [5, 5.41) is 7.16. The summed E-state index contributed by atoms with van der Waals surface area (Å²) in [5.41, 5.74) is 1.26. The highest BCUT2D eigenvalue weighted by Crippen LogP contribution is 2.16. The quantitative estimate of drug-likeness (QED) is 0.647. The number of anilines is 2. The third-order valence-electron chi connectivity index (χ3n) is 3.97. The number of carbonyl (C=O) groups is 3. The Hall–Kier alpha value is -3.52. The number of nitrogens with zero attached hydrogens (tertiary/aromatic N) is 1. The van der Waals surface area contributed by atoms with Gasteiger partial charge in [0.15, 0.2) is 0 Å². The monoisotopic (exact) mass is 411 g/mol. The zero-order valence-corrected chi connectivity index (χ0v) is 16.3. The van der Waals surface area contributed by atoms with Crippen LogP contribution >= 0.6 is 11.3 Å². The van der Waals surface area contributed by atoms with E-state index in [0.717, 1.165) is 0 Å². The van der Waals surface area contributed by atoms with Crippen molar-refractivity contribution in [2.45, 2.75) is 0 Å². The summed E-state index contributed by atoms with van der Waals surface area (Å²) in [6, 6.07) is 15.4. The number of halogens is 1. The molecule has 0 aliphatic carbocycles. The molecule has 2 N–H and O–H groups in total.